The molecule has 0 spiro atoms. The average Bonchev–Trinajstić information content (AvgIpc) is 3.81. The number of rotatable bonds is 7. The van der Waals surface area contributed by atoms with Gasteiger partial charge in [-0.25, -0.2) is 0 Å². The van der Waals surface area contributed by atoms with E-state index in [0.29, 0.717) is 0 Å². The minimum atomic E-state index is 0.180. The summed E-state index contributed by atoms with van der Waals surface area (Å²) in [6.07, 6.45) is 0. The van der Waals surface area contributed by atoms with E-state index in [1.165, 1.54) is 51.9 Å². The number of nitrogens with zero attached hydrogens (tertiary/aromatic N) is 3. The summed E-state index contributed by atoms with van der Waals surface area (Å²) in [5.74, 6) is 0. The molecule has 0 aliphatic carbocycles. The van der Waals surface area contributed by atoms with Crippen LogP contribution in [0.25, 0.3) is 57.6 Å². The molecule has 9 aromatic carbocycles. The second-order valence-electron chi connectivity index (χ2n) is 14.2. The van der Waals surface area contributed by atoms with Gasteiger partial charge in [0.1, 0.15) is 0 Å². The number of para-hydroxylation sites is 4. The molecule has 0 aliphatic rings. The molecule has 2 heterocycles. The zero-order chi connectivity index (χ0) is 37.0. The van der Waals surface area contributed by atoms with Gasteiger partial charge in [0.25, 0.3) is 0 Å². The van der Waals surface area contributed by atoms with Gasteiger partial charge >= 0.3 is 327 Å². The number of aromatic nitrogens is 1. The summed E-state index contributed by atoms with van der Waals surface area (Å²) in [5, 5.41) is 7.86. The second kappa shape index (κ2) is 13.5. The van der Waals surface area contributed by atoms with Gasteiger partial charge in [0.15, 0.2) is 0 Å². The van der Waals surface area contributed by atoms with E-state index in [1.807, 2.05) is 0 Å². The first-order valence-corrected chi connectivity index (χ1v) is 20.7. The van der Waals surface area contributed by atoms with Crippen LogP contribution in [0.4, 0.5) is 34.1 Å². The van der Waals surface area contributed by atoms with Crippen LogP contribution in [0.1, 0.15) is 0 Å². The van der Waals surface area contributed by atoms with Crippen LogP contribution in [-0.2, 0) is 0 Å². The Labute approximate surface area is 331 Å². The Balaban J connectivity index is 1.14. The molecule has 264 valence electrons. The maximum atomic E-state index is 2.45. The zero-order valence-corrected chi connectivity index (χ0v) is 32.2. The minimum absolute atomic E-state index is 0.180. The standard InChI is InChI=1S/C52H35N3Se/c1-4-16-37(17-5-1)53(38-18-6-2-7-19-38)40-22-14-23-41(33-40)54(43-28-31-46-47-30-27-36-15-10-11-24-44(36)52(47)56-51(46)35-43)42-29-32-50-48(34-42)45-25-12-13-26-49(45)55(50)39-20-8-3-9-21-39/h1-35H. The summed E-state index contributed by atoms with van der Waals surface area (Å²) < 4.78 is 5.28. The zero-order valence-electron chi connectivity index (χ0n) is 30.5. The number of anilines is 6. The van der Waals surface area contributed by atoms with Crippen LogP contribution < -0.4 is 9.80 Å². The summed E-state index contributed by atoms with van der Waals surface area (Å²) in [5.41, 5.74) is 10.2. The Morgan fingerprint density at radius 3 is 1.61 bits per heavy atom. The molecule has 3 nitrogen and oxygen atoms in total. The molecule has 0 saturated carbocycles. The molecule has 0 bridgehead atoms. The summed E-state index contributed by atoms with van der Waals surface area (Å²) in [6, 6.07) is 77.2. The fourth-order valence-corrected chi connectivity index (χ4v) is 11.1. The van der Waals surface area contributed by atoms with Crippen LogP contribution >= 0.6 is 0 Å². The molecule has 56 heavy (non-hydrogen) atoms. The number of hydrogen-bond acceptors (Lipinski definition) is 2. The van der Waals surface area contributed by atoms with Crippen molar-refractivity contribution in [1.82, 2.24) is 4.57 Å². The van der Waals surface area contributed by atoms with E-state index in [-0.39, 0.29) is 14.5 Å². The van der Waals surface area contributed by atoms with Gasteiger partial charge in [-0.1, -0.05) is 6.07 Å². The van der Waals surface area contributed by atoms with E-state index >= 15 is 0 Å². The van der Waals surface area contributed by atoms with Crippen LogP contribution in [0.5, 0.6) is 0 Å². The molecule has 0 saturated heterocycles. The molecule has 0 fully saturated rings. The number of benzene rings is 9. The fourth-order valence-electron chi connectivity index (χ4n) is 8.41. The first-order chi connectivity index (χ1) is 27.8. The Bertz CT molecular complexity index is 3160. The molecule has 11 aromatic rings. The molecule has 2 aromatic heterocycles. The molecule has 0 radical (unpaired) electrons. The Morgan fingerprint density at radius 1 is 0.321 bits per heavy atom. The Kier molecular flexibility index (Phi) is 7.84. The van der Waals surface area contributed by atoms with Gasteiger partial charge in [-0.15, -0.1) is 0 Å². The van der Waals surface area contributed by atoms with Crippen LogP contribution in [0.15, 0.2) is 212 Å². The molecule has 0 amide bonds. The van der Waals surface area contributed by atoms with E-state index < -0.39 is 0 Å². The predicted molar refractivity (Wildman–Crippen MR) is 240 cm³/mol. The van der Waals surface area contributed by atoms with Crippen LogP contribution in [0.3, 0.4) is 0 Å². The van der Waals surface area contributed by atoms with Gasteiger partial charge in [-0.05, 0) is 0 Å². The first kappa shape index (κ1) is 32.6. The molecular weight excluding hydrogens is 746 g/mol. The van der Waals surface area contributed by atoms with Crippen LogP contribution in [0, 0.1) is 0 Å². The molecule has 4 heteroatoms. The van der Waals surface area contributed by atoms with Gasteiger partial charge in [-0.2, -0.15) is 0 Å². The van der Waals surface area contributed by atoms with Gasteiger partial charge < -0.3 is 0 Å². The fraction of sp³-hybridized carbons (Fsp3) is 0. The van der Waals surface area contributed by atoms with Crippen molar-refractivity contribution in [3.63, 3.8) is 0 Å². The predicted octanol–water partition coefficient (Wildman–Crippen LogP) is 14.2. The maximum absolute atomic E-state index is 2.45. The molecule has 11 rings (SSSR count). The molecular formula is C52H35N3Se. The third kappa shape index (κ3) is 5.42. The molecule has 0 unspecified atom stereocenters. The van der Waals surface area contributed by atoms with Crippen molar-refractivity contribution in [2.75, 3.05) is 9.80 Å². The van der Waals surface area contributed by atoms with Gasteiger partial charge in [0.2, 0.25) is 0 Å². The normalized spacial score (nSPS) is 11.6. The first-order valence-electron chi connectivity index (χ1n) is 19.0. The van der Waals surface area contributed by atoms with Crippen LogP contribution in [-0.4, -0.2) is 19.1 Å². The van der Waals surface area contributed by atoms with Gasteiger partial charge in [0.05, 0.1) is 0 Å². The van der Waals surface area contributed by atoms with E-state index in [9.17, 15) is 0 Å². The van der Waals surface area contributed by atoms with Crippen molar-refractivity contribution in [1.29, 1.82) is 0 Å². The van der Waals surface area contributed by atoms with Crippen molar-refractivity contribution in [3.05, 3.63) is 212 Å². The Hall–Kier alpha value is -6.84. The van der Waals surface area contributed by atoms with Crippen molar-refractivity contribution in [2.24, 2.45) is 0 Å². The topological polar surface area (TPSA) is 11.4 Å². The quantitative estimate of drug-likeness (QED) is 0.149. The monoisotopic (exact) mass is 781 g/mol. The van der Waals surface area contributed by atoms with Crippen molar-refractivity contribution in [3.8, 4) is 5.69 Å². The number of fused-ring (bicyclic) bond motifs is 8. The summed E-state index contributed by atoms with van der Waals surface area (Å²) in [4.78, 5) is 4.79. The summed E-state index contributed by atoms with van der Waals surface area (Å²) in [7, 11) is 0. The Morgan fingerprint density at radius 2 is 0.857 bits per heavy atom. The summed E-state index contributed by atoms with van der Waals surface area (Å²) in [6.45, 7) is 0. The van der Waals surface area contributed by atoms with E-state index in [4.69, 9.17) is 0 Å². The second-order valence-corrected chi connectivity index (χ2v) is 16.4. The average molecular weight is 781 g/mol. The van der Waals surface area contributed by atoms with Gasteiger partial charge in [0, 0.05) is 0 Å². The van der Waals surface area contributed by atoms with Crippen molar-refractivity contribution in [2.45, 2.75) is 0 Å². The van der Waals surface area contributed by atoms with Crippen molar-refractivity contribution >= 4 is 100 Å². The van der Waals surface area contributed by atoms with E-state index in [1.54, 1.807) is 0 Å². The van der Waals surface area contributed by atoms with Crippen molar-refractivity contribution < 1.29 is 0 Å². The number of hydrogen-bond donors (Lipinski definition) is 0. The molecule has 0 atom stereocenters. The van der Waals surface area contributed by atoms with E-state index in [2.05, 4.69) is 227 Å². The van der Waals surface area contributed by atoms with E-state index in [0.717, 1.165) is 39.8 Å². The third-order valence-corrected chi connectivity index (χ3v) is 13.4. The third-order valence-electron chi connectivity index (χ3n) is 10.9. The molecule has 0 N–H and O–H groups in total. The van der Waals surface area contributed by atoms with Gasteiger partial charge in [-0.3, -0.25) is 0 Å². The summed E-state index contributed by atoms with van der Waals surface area (Å²) >= 11 is 0.180. The molecule has 0 aliphatic heterocycles. The van der Waals surface area contributed by atoms with Crippen LogP contribution in [0.2, 0.25) is 0 Å². The SMILES string of the molecule is c1ccc(N(c2ccccc2)c2cccc(N(c3ccc4c(c3)[se]c3c5ccccc5ccc43)c3ccc4c(c3)c3ccccc3n4-c3ccccc3)c2)cc1.